The molecule has 0 spiro atoms. The Balaban J connectivity index is 2.53. The second kappa shape index (κ2) is 6.36. The van der Waals surface area contributed by atoms with Crippen molar-refractivity contribution < 1.29 is 19.8 Å². The number of aliphatic hydroxyl groups is 1. The van der Waals surface area contributed by atoms with E-state index in [1.54, 1.807) is 6.92 Å². The number of carboxylic acids is 1. The molecule has 3 atom stereocenters. The van der Waals surface area contributed by atoms with Crippen molar-refractivity contribution in [1.29, 1.82) is 0 Å². The van der Waals surface area contributed by atoms with Gasteiger partial charge in [-0.25, -0.2) is 9.59 Å². The lowest BCUT2D eigenvalue weighted by Gasteiger charge is -2.19. The number of carbonyl (C=O) groups is 2. The van der Waals surface area contributed by atoms with Gasteiger partial charge in [-0.2, -0.15) is 11.3 Å². The molecule has 1 unspecified atom stereocenters. The van der Waals surface area contributed by atoms with Crippen molar-refractivity contribution in [2.45, 2.75) is 32.0 Å². The largest absolute Gasteiger partial charge is 0.480 e. The molecule has 18 heavy (non-hydrogen) atoms. The summed E-state index contributed by atoms with van der Waals surface area (Å²) in [7, 11) is 0. The zero-order valence-corrected chi connectivity index (χ0v) is 10.9. The lowest BCUT2D eigenvalue weighted by atomic mass is 10.2. The summed E-state index contributed by atoms with van der Waals surface area (Å²) in [6.45, 7) is 3.10. The molecule has 0 aromatic carbocycles. The van der Waals surface area contributed by atoms with Crippen LogP contribution in [0.25, 0.3) is 0 Å². The third-order valence-electron chi connectivity index (χ3n) is 2.43. The summed E-state index contributed by atoms with van der Waals surface area (Å²) in [4.78, 5) is 22.4. The average molecular weight is 272 g/mol. The quantitative estimate of drug-likeness (QED) is 0.641. The fraction of sp³-hybridized carbons (Fsp3) is 0.455. The Morgan fingerprint density at radius 3 is 2.44 bits per heavy atom. The van der Waals surface area contributed by atoms with Crippen molar-refractivity contribution in [3.05, 3.63) is 22.4 Å². The van der Waals surface area contributed by atoms with E-state index in [1.807, 2.05) is 16.8 Å². The number of hydrogen-bond donors (Lipinski definition) is 4. The topological polar surface area (TPSA) is 98.7 Å². The molecule has 2 amide bonds. The molecule has 1 rings (SSSR count). The fourth-order valence-corrected chi connectivity index (χ4v) is 2.13. The molecule has 4 N–H and O–H groups in total. The van der Waals surface area contributed by atoms with Crippen LogP contribution in [0.15, 0.2) is 16.8 Å². The van der Waals surface area contributed by atoms with Gasteiger partial charge >= 0.3 is 12.0 Å². The lowest BCUT2D eigenvalue weighted by molar-refractivity contribution is -0.141. The van der Waals surface area contributed by atoms with Gasteiger partial charge in [-0.05, 0) is 36.2 Å². The number of carbonyl (C=O) groups excluding carboxylic acids is 1. The van der Waals surface area contributed by atoms with E-state index >= 15 is 0 Å². The highest BCUT2D eigenvalue weighted by Gasteiger charge is 2.25. The number of thiophene rings is 1. The van der Waals surface area contributed by atoms with Gasteiger partial charge in [0.05, 0.1) is 12.1 Å². The van der Waals surface area contributed by atoms with Gasteiger partial charge in [0.1, 0.15) is 0 Å². The van der Waals surface area contributed by atoms with E-state index in [4.69, 9.17) is 5.11 Å². The van der Waals surface area contributed by atoms with E-state index in [1.165, 1.54) is 18.3 Å². The van der Waals surface area contributed by atoms with Gasteiger partial charge in [-0.3, -0.25) is 0 Å². The van der Waals surface area contributed by atoms with Gasteiger partial charge in [0.2, 0.25) is 0 Å². The van der Waals surface area contributed by atoms with Crippen LogP contribution in [0, 0.1) is 0 Å². The maximum atomic E-state index is 11.6. The van der Waals surface area contributed by atoms with Crippen LogP contribution in [0.4, 0.5) is 4.79 Å². The summed E-state index contributed by atoms with van der Waals surface area (Å²) in [5.74, 6) is -1.27. The van der Waals surface area contributed by atoms with Crippen LogP contribution >= 0.6 is 11.3 Å². The minimum atomic E-state index is -1.32. The Bertz CT molecular complexity index is 405. The smallest absolute Gasteiger partial charge is 0.328 e. The fourth-order valence-electron chi connectivity index (χ4n) is 1.37. The van der Waals surface area contributed by atoms with Gasteiger partial charge in [-0.15, -0.1) is 0 Å². The average Bonchev–Trinajstić information content (AvgIpc) is 2.78. The summed E-state index contributed by atoms with van der Waals surface area (Å²) in [6.07, 6.45) is -1.16. The first-order valence-electron chi connectivity index (χ1n) is 5.41. The summed E-state index contributed by atoms with van der Waals surface area (Å²) >= 11 is 1.51. The van der Waals surface area contributed by atoms with Gasteiger partial charge in [-0.1, -0.05) is 0 Å². The molecule has 0 aliphatic heterocycles. The number of aliphatic carboxylic acids is 1. The number of urea groups is 1. The second-order valence-electron chi connectivity index (χ2n) is 3.95. The Kier molecular flexibility index (Phi) is 5.11. The minimum absolute atomic E-state index is 0.223. The molecule has 100 valence electrons. The number of nitrogens with one attached hydrogen (secondary N) is 2. The van der Waals surface area contributed by atoms with E-state index in [2.05, 4.69) is 10.6 Å². The van der Waals surface area contributed by atoms with Crippen molar-refractivity contribution >= 4 is 23.3 Å². The highest BCUT2D eigenvalue weighted by molar-refractivity contribution is 7.07. The zero-order valence-electron chi connectivity index (χ0n) is 10.1. The maximum absolute atomic E-state index is 11.6. The van der Waals surface area contributed by atoms with Crippen LogP contribution in [0.5, 0.6) is 0 Å². The van der Waals surface area contributed by atoms with E-state index in [0.717, 1.165) is 5.56 Å². The number of carboxylic acid groups (broad SMARTS) is 1. The molecule has 7 heteroatoms. The molecular formula is C11H16N2O4S. The van der Waals surface area contributed by atoms with Gasteiger partial charge in [0.15, 0.2) is 6.04 Å². The van der Waals surface area contributed by atoms with Crippen molar-refractivity contribution in [2.24, 2.45) is 0 Å². The predicted octanol–water partition coefficient (Wildman–Crippen LogP) is 0.942. The normalized spacial score (nSPS) is 15.5. The molecular weight excluding hydrogens is 256 g/mol. The van der Waals surface area contributed by atoms with Crippen molar-refractivity contribution in [3.8, 4) is 0 Å². The first-order chi connectivity index (χ1) is 8.41. The zero-order chi connectivity index (χ0) is 13.7. The van der Waals surface area contributed by atoms with Gasteiger partial charge in [0, 0.05) is 0 Å². The highest BCUT2D eigenvalue weighted by atomic mass is 32.1. The number of hydrogen-bond acceptors (Lipinski definition) is 4. The van der Waals surface area contributed by atoms with Crippen LogP contribution in [0.3, 0.4) is 0 Å². The summed E-state index contributed by atoms with van der Waals surface area (Å²) in [6, 6.07) is -0.291. The molecule has 0 saturated carbocycles. The standard InChI is InChI=1S/C11H16N2O4S/c1-6(8-3-4-18-5-8)12-11(17)13-9(7(2)14)10(15)16/h3-7,9,14H,1-2H3,(H,15,16)(H2,12,13,17)/t6?,7-,9+/m1/s1. The summed E-state index contributed by atoms with van der Waals surface area (Å²) < 4.78 is 0. The Hall–Kier alpha value is -1.60. The molecule has 6 nitrogen and oxygen atoms in total. The molecule has 1 aromatic rings. The Labute approximate surface area is 109 Å². The summed E-state index contributed by atoms with van der Waals surface area (Å²) in [5.41, 5.74) is 0.944. The molecule has 0 saturated heterocycles. The van der Waals surface area contributed by atoms with Crippen LogP contribution in [0.2, 0.25) is 0 Å². The van der Waals surface area contributed by atoms with Crippen LogP contribution in [-0.2, 0) is 4.79 Å². The SMILES string of the molecule is CC(NC(=O)N[C@H](C(=O)O)[C@@H](C)O)c1ccsc1. The van der Waals surface area contributed by atoms with Gasteiger partial charge < -0.3 is 20.8 Å². The molecule has 0 aliphatic rings. The van der Waals surface area contributed by atoms with Crippen molar-refractivity contribution in [1.82, 2.24) is 10.6 Å². The number of aliphatic hydroxyl groups excluding tert-OH is 1. The second-order valence-corrected chi connectivity index (χ2v) is 4.73. The van der Waals surface area contributed by atoms with E-state index in [9.17, 15) is 14.7 Å². The molecule has 0 radical (unpaired) electrons. The van der Waals surface area contributed by atoms with E-state index < -0.39 is 24.1 Å². The van der Waals surface area contributed by atoms with E-state index in [0.29, 0.717) is 0 Å². The molecule has 1 aromatic heterocycles. The third-order valence-corrected chi connectivity index (χ3v) is 3.13. The Morgan fingerprint density at radius 1 is 1.33 bits per heavy atom. The van der Waals surface area contributed by atoms with Gasteiger partial charge in [0.25, 0.3) is 0 Å². The maximum Gasteiger partial charge on any atom is 0.328 e. The molecule has 1 heterocycles. The van der Waals surface area contributed by atoms with Crippen molar-refractivity contribution in [2.75, 3.05) is 0 Å². The lowest BCUT2D eigenvalue weighted by Crippen LogP contribution is -2.51. The number of amides is 2. The predicted molar refractivity (Wildman–Crippen MR) is 67.5 cm³/mol. The number of rotatable bonds is 5. The minimum Gasteiger partial charge on any atom is -0.480 e. The first-order valence-corrected chi connectivity index (χ1v) is 6.36. The van der Waals surface area contributed by atoms with Crippen LogP contribution < -0.4 is 10.6 Å². The van der Waals surface area contributed by atoms with Crippen molar-refractivity contribution in [3.63, 3.8) is 0 Å². The summed E-state index contributed by atoms with van der Waals surface area (Å²) in [5, 5.41) is 26.6. The van der Waals surface area contributed by atoms with Crippen LogP contribution in [0.1, 0.15) is 25.5 Å². The monoisotopic (exact) mass is 272 g/mol. The highest BCUT2D eigenvalue weighted by Crippen LogP contribution is 2.15. The van der Waals surface area contributed by atoms with E-state index in [-0.39, 0.29) is 6.04 Å². The first kappa shape index (κ1) is 14.5. The Morgan fingerprint density at radius 2 is 2.00 bits per heavy atom. The molecule has 0 bridgehead atoms. The molecule has 0 fully saturated rings. The van der Waals surface area contributed by atoms with Crippen LogP contribution in [-0.4, -0.2) is 34.4 Å². The molecule has 0 aliphatic carbocycles. The third kappa shape index (κ3) is 4.01.